The zero-order valence-corrected chi connectivity index (χ0v) is 13.9. The fourth-order valence-corrected chi connectivity index (χ4v) is 4.12. The number of hydrogen-bond donors (Lipinski definition) is 1. The van der Waals surface area contributed by atoms with E-state index in [1.807, 2.05) is 13.1 Å². The average molecular weight is 333 g/mol. The molecule has 0 spiro atoms. The molecule has 1 aromatic rings. The average Bonchev–Trinajstić information content (AvgIpc) is 2.94. The van der Waals surface area contributed by atoms with Gasteiger partial charge in [-0.2, -0.15) is 4.31 Å². The lowest BCUT2D eigenvalue weighted by atomic mass is 10.2. The van der Waals surface area contributed by atoms with E-state index in [9.17, 15) is 8.42 Å². The van der Waals surface area contributed by atoms with E-state index in [1.54, 1.807) is 19.2 Å². The van der Waals surface area contributed by atoms with Crippen LogP contribution in [0.1, 0.15) is 18.4 Å². The highest BCUT2D eigenvalue weighted by molar-refractivity contribution is 7.89. The Morgan fingerprint density at radius 2 is 2.24 bits per heavy atom. The van der Waals surface area contributed by atoms with Crippen LogP contribution < -0.4 is 5.32 Å². The fraction of sp³-hybridized carbons (Fsp3) is 0.571. The molecule has 1 aliphatic rings. The normalized spacial score (nSPS) is 19.3. The fourth-order valence-electron chi connectivity index (χ4n) is 2.40. The Bertz CT molecular complexity index is 586. The van der Waals surface area contributed by atoms with Crippen molar-refractivity contribution >= 4 is 21.6 Å². The lowest BCUT2D eigenvalue weighted by molar-refractivity contribution is 0.0979. The molecule has 0 bridgehead atoms. The monoisotopic (exact) mass is 332 g/mol. The molecule has 1 saturated heterocycles. The highest BCUT2D eigenvalue weighted by atomic mass is 35.5. The number of rotatable bonds is 6. The first-order valence-electron chi connectivity index (χ1n) is 6.96. The number of sulfonamides is 1. The van der Waals surface area contributed by atoms with Crippen LogP contribution in [0.3, 0.4) is 0 Å². The molecule has 0 aromatic heterocycles. The molecule has 0 saturated carbocycles. The van der Waals surface area contributed by atoms with E-state index in [4.69, 9.17) is 16.3 Å². The van der Waals surface area contributed by atoms with Gasteiger partial charge in [0, 0.05) is 26.7 Å². The maximum atomic E-state index is 12.7. The van der Waals surface area contributed by atoms with E-state index in [1.165, 1.54) is 4.31 Å². The summed E-state index contributed by atoms with van der Waals surface area (Å²) in [5, 5.41) is 3.24. The lowest BCUT2D eigenvalue weighted by Crippen LogP contribution is -2.34. The Morgan fingerprint density at radius 3 is 2.86 bits per heavy atom. The summed E-state index contributed by atoms with van der Waals surface area (Å²) in [6.45, 7) is 1.65. The van der Waals surface area contributed by atoms with Crippen molar-refractivity contribution in [2.45, 2.75) is 30.4 Å². The Morgan fingerprint density at radius 1 is 1.48 bits per heavy atom. The van der Waals surface area contributed by atoms with Crippen molar-refractivity contribution in [3.63, 3.8) is 0 Å². The van der Waals surface area contributed by atoms with Gasteiger partial charge in [0.25, 0.3) is 0 Å². The third-order valence-electron chi connectivity index (χ3n) is 3.55. The van der Waals surface area contributed by atoms with Gasteiger partial charge in [-0.05, 0) is 37.6 Å². The van der Waals surface area contributed by atoms with Crippen LogP contribution in [0.25, 0.3) is 0 Å². The molecule has 1 unspecified atom stereocenters. The number of nitrogens with one attached hydrogen (secondary N) is 1. The molecule has 1 aliphatic heterocycles. The molecule has 2 rings (SSSR count). The van der Waals surface area contributed by atoms with E-state index in [-0.39, 0.29) is 16.0 Å². The Kier molecular flexibility index (Phi) is 5.62. The van der Waals surface area contributed by atoms with E-state index >= 15 is 0 Å². The van der Waals surface area contributed by atoms with E-state index in [2.05, 4.69) is 5.32 Å². The van der Waals surface area contributed by atoms with Crippen molar-refractivity contribution in [3.05, 3.63) is 28.8 Å². The summed E-state index contributed by atoms with van der Waals surface area (Å²) in [6, 6.07) is 5.07. The third-order valence-corrected chi connectivity index (χ3v) is 5.85. The van der Waals surface area contributed by atoms with Gasteiger partial charge in [0.2, 0.25) is 10.0 Å². The molecule has 7 heteroatoms. The zero-order chi connectivity index (χ0) is 15.5. The van der Waals surface area contributed by atoms with Crippen molar-refractivity contribution in [3.8, 4) is 0 Å². The van der Waals surface area contributed by atoms with Gasteiger partial charge in [0.05, 0.1) is 11.1 Å². The first kappa shape index (κ1) is 16.7. The highest BCUT2D eigenvalue weighted by Gasteiger charge is 2.27. The zero-order valence-electron chi connectivity index (χ0n) is 12.3. The third kappa shape index (κ3) is 3.96. The molecule has 0 aliphatic carbocycles. The van der Waals surface area contributed by atoms with E-state index in [0.717, 1.165) is 18.4 Å². The van der Waals surface area contributed by atoms with Crippen LogP contribution in [0.15, 0.2) is 23.1 Å². The number of hydrogen-bond acceptors (Lipinski definition) is 4. The molecule has 1 aromatic carbocycles. The summed E-state index contributed by atoms with van der Waals surface area (Å²) >= 11 is 6.08. The maximum Gasteiger partial charge on any atom is 0.244 e. The molecular formula is C14H21ClN2O3S. The largest absolute Gasteiger partial charge is 0.377 e. The van der Waals surface area contributed by atoms with Crippen molar-refractivity contribution in [2.24, 2.45) is 0 Å². The van der Waals surface area contributed by atoms with E-state index < -0.39 is 10.0 Å². The second-order valence-corrected chi connectivity index (χ2v) is 7.64. The molecule has 21 heavy (non-hydrogen) atoms. The van der Waals surface area contributed by atoms with Crippen LogP contribution in [0.2, 0.25) is 5.02 Å². The van der Waals surface area contributed by atoms with Gasteiger partial charge in [0.15, 0.2) is 0 Å². The quantitative estimate of drug-likeness (QED) is 0.864. The van der Waals surface area contributed by atoms with Crippen molar-refractivity contribution in [1.29, 1.82) is 0 Å². The predicted octanol–water partition coefficient (Wildman–Crippen LogP) is 1.86. The second kappa shape index (κ2) is 7.07. The molecule has 1 atom stereocenters. The minimum atomic E-state index is -3.60. The van der Waals surface area contributed by atoms with Crippen LogP contribution in [-0.4, -0.2) is 46.1 Å². The number of nitrogens with zero attached hydrogens (tertiary/aromatic N) is 1. The molecule has 1 heterocycles. The van der Waals surface area contributed by atoms with Crippen LogP contribution in [0.4, 0.5) is 0 Å². The van der Waals surface area contributed by atoms with Crippen LogP contribution in [-0.2, 0) is 21.3 Å². The van der Waals surface area contributed by atoms with E-state index in [0.29, 0.717) is 19.7 Å². The van der Waals surface area contributed by atoms with Crippen molar-refractivity contribution in [1.82, 2.24) is 9.62 Å². The van der Waals surface area contributed by atoms with Gasteiger partial charge in [0.1, 0.15) is 4.90 Å². The first-order valence-corrected chi connectivity index (χ1v) is 8.78. The SMILES string of the molecule is CNCc1ccc(Cl)c(S(=O)(=O)N(C)CC2CCCO2)c1. The summed E-state index contributed by atoms with van der Waals surface area (Å²) in [4.78, 5) is 0.150. The molecule has 5 nitrogen and oxygen atoms in total. The van der Waals surface area contributed by atoms with Crippen molar-refractivity contribution < 1.29 is 13.2 Å². The summed E-state index contributed by atoms with van der Waals surface area (Å²) in [7, 11) is -0.225. The number of benzene rings is 1. The van der Waals surface area contributed by atoms with Crippen molar-refractivity contribution in [2.75, 3.05) is 27.2 Å². The van der Waals surface area contributed by atoms with Gasteiger partial charge in [-0.15, -0.1) is 0 Å². The van der Waals surface area contributed by atoms with Gasteiger partial charge in [-0.25, -0.2) is 8.42 Å². The summed E-state index contributed by atoms with van der Waals surface area (Å²) in [5.41, 5.74) is 0.881. The standard InChI is InChI=1S/C14H21ClN2O3S/c1-16-9-11-5-6-13(15)14(8-11)21(18,19)17(2)10-12-4-3-7-20-12/h5-6,8,12,16H,3-4,7,9-10H2,1-2H3. The number of likely N-dealkylation sites (N-methyl/N-ethyl adjacent to an activating group) is 1. The molecule has 1 N–H and O–H groups in total. The van der Waals surface area contributed by atoms with Gasteiger partial charge in [-0.3, -0.25) is 0 Å². The van der Waals surface area contributed by atoms with Crippen LogP contribution in [0.5, 0.6) is 0 Å². The lowest BCUT2D eigenvalue weighted by Gasteiger charge is -2.21. The Balaban J connectivity index is 2.22. The topological polar surface area (TPSA) is 58.6 Å². The predicted molar refractivity (Wildman–Crippen MR) is 83.0 cm³/mol. The number of ether oxygens (including phenoxy) is 1. The minimum absolute atomic E-state index is 0.0240. The second-order valence-electron chi connectivity index (χ2n) is 5.22. The number of halogens is 1. The van der Waals surface area contributed by atoms with Crippen LogP contribution >= 0.6 is 11.6 Å². The molecule has 1 fully saturated rings. The summed E-state index contributed by atoms with van der Waals surface area (Å²) in [6.07, 6.45) is 1.86. The first-order chi connectivity index (χ1) is 9.95. The van der Waals surface area contributed by atoms with Gasteiger partial charge < -0.3 is 10.1 Å². The van der Waals surface area contributed by atoms with Gasteiger partial charge in [-0.1, -0.05) is 17.7 Å². The smallest absolute Gasteiger partial charge is 0.244 e. The molecular weight excluding hydrogens is 312 g/mol. The minimum Gasteiger partial charge on any atom is -0.377 e. The molecule has 0 amide bonds. The van der Waals surface area contributed by atoms with Gasteiger partial charge >= 0.3 is 0 Å². The Labute approximate surface area is 131 Å². The Hall–Kier alpha value is -0.660. The maximum absolute atomic E-state index is 12.7. The molecule has 0 radical (unpaired) electrons. The summed E-state index contributed by atoms with van der Waals surface area (Å²) < 4.78 is 32.2. The highest BCUT2D eigenvalue weighted by Crippen LogP contribution is 2.26. The van der Waals surface area contributed by atoms with Crippen LogP contribution in [0, 0.1) is 0 Å². The molecule has 118 valence electrons. The summed E-state index contributed by atoms with van der Waals surface area (Å²) in [5.74, 6) is 0.